The Labute approximate surface area is 782 Å². The molecule has 16 heterocycles. The number of fused-ring (bicyclic) bond motifs is 14. The van der Waals surface area contributed by atoms with E-state index in [0.717, 1.165) is 94.7 Å². The number of anilines is 5. The van der Waals surface area contributed by atoms with Crippen LogP contribution in [-0.2, 0) is 0 Å². The number of hydrogen-bond acceptors (Lipinski definition) is 16. The molecule has 14 aliphatic rings. The first kappa shape index (κ1) is 86.0. The van der Waals surface area contributed by atoms with Crippen LogP contribution in [0.25, 0.3) is 72.7 Å². The molecule has 129 heavy (non-hydrogen) atoms. The van der Waals surface area contributed by atoms with Gasteiger partial charge in [0.2, 0.25) is 0 Å². The second-order valence-corrected chi connectivity index (χ2v) is 44.7. The molecule has 4 aromatic heterocycles. The molecule has 6 N–H and O–H groups in total. The lowest BCUT2D eigenvalue weighted by molar-refractivity contribution is 0.387. The largest absolute Gasteiger partial charge is 0.371 e. The van der Waals surface area contributed by atoms with Crippen LogP contribution in [0.3, 0.4) is 0 Å². The Kier molecular flexibility index (Phi) is 26.5. The lowest BCUT2D eigenvalue weighted by Crippen LogP contribution is -2.26. The fourth-order valence-corrected chi connectivity index (χ4v) is 29.1. The fourth-order valence-electron chi connectivity index (χ4n) is 25.9. The summed E-state index contributed by atoms with van der Waals surface area (Å²) in [7, 11) is 2.25. The first-order chi connectivity index (χ1) is 63.7. The minimum Gasteiger partial charge on any atom is -0.371 e. The molecular formula is C113H134N12S4. The molecule has 0 bridgehead atoms. The molecule has 28 rings (SSSR count). The van der Waals surface area contributed by atoms with E-state index in [4.69, 9.17) is 0 Å². The van der Waals surface area contributed by atoms with Crippen LogP contribution < -0.4 is 56.4 Å². The number of hydrogen-bond donors (Lipinski definition) is 6. The lowest BCUT2D eigenvalue weighted by Gasteiger charge is -2.23. The van der Waals surface area contributed by atoms with Crippen molar-refractivity contribution >= 4 is 146 Å². The monoisotopic (exact) mass is 1790 g/mol. The highest BCUT2D eigenvalue weighted by molar-refractivity contribution is 7.18. The van der Waals surface area contributed by atoms with Gasteiger partial charge in [0.1, 0.15) is 0 Å². The maximum atomic E-state index is 3.57. The summed E-state index contributed by atoms with van der Waals surface area (Å²) in [6.07, 6.45) is 13.8. The highest BCUT2D eigenvalue weighted by Crippen LogP contribution is 2.48. The minimum atomic E-state index is 0.795. The molecular weight excluding hydrogens is 1650 g/mol. The summed E-state index contributed by atoms with van der Waals surface area (Å²) >= 11 is 7.41. The van der Waals surface area contributed by atoms with E-state index >= 15 is 0 Å². The van der Waals surface area contributed by atoms with Crippen LogP contribution in [0.15, 0.2) is 246 Å². The number of nitrogens with one attached hydrogen (secondary N) is 6. The van der Waals surface area contributed by atoms with Crippen molar-refractivity contribution in [1.82, 2.24) is 36.8 Å². The van der Waals surface area contributed by atoms with E-state index in [1.54, 1.807) is 11.1 Å². The van der Waals surface area contributed by atoms with Crippen molar-refractivity contribution in [2.45, 2.75) is 76.0 Å². The number of rotatable bonds is 7. The van der Waals surface area contributed by atoms with E-state index in [0.29, 0.717) is 0 Å². The Balaban J connectivity index is 0.0000000885. The highest BCUT2D eigenvalue weighted by atomic mass is 32.1. The molecule has 2 saturated carbocycles. The molecule has 12 nitrogen and oxygen atoms in total. The third kappa shape index (κ3) is 19.4. The van der Waals surface area contributed by atoms with Crippen molar-refractivity contribution < 1.29 is 0 Å². The average molecular weight is 1790 g/mol. The van der Waals surface area contributed by atoms with Gasteiger partial charge in [-0.3, -0.25) is 0 Å². The van der Waals surface area contributed by atoms with Crippen LogP contribution in [0.4, 0.5) is 28.4 Å². The third-order valence-electron chi connectivity index (χ3n) is 33.2. The fraction of sp³-hybridized carbons (Fsp3) is 0.451. The third-order valence-corrected chi connectivity index (χ3v) is 36.7. The van der Waals surface area contributed by atoms with Crippen molar-refractivity contribution in [3.8, 4) is 0 Å². The maximum Gasteiger partial charge on any atom is 0.0373 e. The molecule has 16 heteroatoms. The normalized spacial score (nSPS) is 28.4. The van der Waals surface area contributed by atoms with E-state index in [-0.39, 0.29) is 0 Å². The Hall–Kier alpha value is -8.46. The average Bonchev–Trinajstić information content (AvgIpc) is 1.63. The quantitative estimate of drug-likeness (QED) is 0.0918. The maximum absolute atomic E-state index is 3.57. The first-order valence-electron chi connectivity index (χ1n) is 49.7. The smallest absolute Gasteiger partial charge is 0.0373 e. The Bertz CT molecular complexity index is 6000. The van der Waals surface area contributed by atoms with Gasteiger partial charge in [-0.25, -0.2) is 0 Å². The van der Waals surface area contributed by atoms with Crippen LogP contribution in [-0.4, -0.2) is 169 Å². The number of nitrogens with zero attached hydrogens (tertiary/aromatic N) is 6. The van der Waals surface area contributed by atoms with Gasteiger partial charge < -0.3 is 61.3 Å². The van der Waals surface area contributed by atoms with Crippen LogP contribution in [0.2, 0.25) is 0 Å². The lowest BCUT2D eigenvalue weighted by atomic mass is 9.89. The topological polar surface area (TPSA) is 91.6 Å². The number of likely N-dealkylation sites (tertiary alicyclic amines) is 1. The molecule has 10 aromatic carbocycles. The van der Waals surface area contributed by atoms with E-state index in [1.807, 2.05) is 45.3 Å². The zero-order valence-corrected chi connectivity index (χ0v) is 79.0. The molecule has 14 atom stereocenters. The van der Waals surface area contributed by atoms with Crippen molar-refractivity contribution in [2.24, 2.45) is 82.9 Å². The Morgan fingerprint density at radius 3 is 0.992 bits per heavy atom. The van der Waals surface area contributed by atoms with Crippen molar-refractivity contribution in [3.63, 3.8) is 0 Å². The molecule has 12 aliphatic heterocycles. The molecule has 0 amide bonds. The summed E-state index contributed by atoms with van der Waals surface area (Å²) in [5.41, 5.74) is 10.2. The summed E-state index contributed by atoms with van der Waals surface area (Å²) in [5, 5.41) is 43.9. The number of thiophene rings is 4. The van der Waals surface area contributed by atoms with Crippen molar-refractivity contribution in [3.05, 3.63) is 257 Å². The Morgan fingerprint density at radius 2 is 0.566 bits per heavy atom. The minimum absolute atomic E-state index is 0.795. The molecule has 670 valence electrons. The number of benzene rings is 10. The van der Waals surface area contributed by atoms with Gasteiger partial charge in [0.05, 0.1) is 0 Å². The molecule has 0 radical (unpaired) electrons. The summed E-state index contributed by atoms with van der Waals surface area (Å²) < 4.78 is 5.72. The van der Waals surface area contributed by atoms with E-state index in [9.17, 15) is 0 Å². The van der Waals surface area contributed by atoms with Gasteiger partial charge in [-0.2, -0.15) is 0 Å². The molecule has 14 unspecified atom stereocenters. The second kappa shape index (κ2) is 39.8. The Morgan fingerprint density at radius 1 is 0.233 bits per heavy atom. The molecule has 2 aliphatic carbocycles. The van der Waals surface area contributed by atoms with Crippen LogP contribution in [0.1, 0.15) is 87.2 Å². The highest BCUT2D eigenvalue weighted by Gasteiger charge is 2.43. The van der Waals surface area contributed by atoms with Gasteiger partial charge in [0.15, 0.2) is 0 Å². The molecule has 14 aromatic rings. The second-order valence-electron chi connectivity index (χ2n) is 40.9. The van der Waals surface area contributed by atoms with Crippen molar-refractivity contribution in [1.29, 1.82) is 0 Å². The van der Waals surface area contributed by atoms with Gasteiger partial charge in [-0.1, -0.05) is 115 Å². The zero-order chi connectivity index (χ0) is 85.9. The van der Waals surface area contributed by atoms with E-state index < -0.39 is 0 Å². The molecule has 12 saturated heterocycles. The van der Waals surface area contributed by atoms with Gasteiger partial charge in [0, 0.05) is 152 Å². The zero-order valence-electron chi connectivity index (χ0n) is 75.8. The van der Waals surface area contributed by atoms with Gasteiger partial charge in [0.25, 0.3) is 0 Å². The van der Waals surface area contributed by atoms with E-state index in [2.05, 4.69) is 314 Å². The summed E-state index contributed by atoms with van der Waals surface area (Å²) in [4.78, 5) is 15.4. The van der Waals surface area contributed by atoms with Crippen LogP contribution >= 0.6 is 45.3 Å². The van der Waals surface area contributed by atoms with Gasteiger partial charge in [-0.15, -0.1) is 45.3 Å². The standard InChI is InChI=1S/C18H22N2.C17H20N2.C17H21NS.C16H20N2S.C16H18N2.C15H17NS.C14H16N2S/c1-2-4-15-11-18(6-5-14(15)3-1)20-12-16-7-9-19-10-8-17(16)13-20;1-18-9-15-11-19(12-16(15)10-18)17-7-6-13-4-2-3-5-14(13)8-17;1-2-15(16-8-9-19-17(16)3-1)12-4-6-13-10-18-11-14(13)7-5-12;1-2-16-12(5-8-19-16)9-15(1)18-6-3-13-10-17-11-14(13)4-7-18;1-2-4-13-7-16(6-5-12(13)3-1)18-10-14-8-17-9-15(14)11-18;1-2-13(14-4-5-17-15(14)3-1)10-6-11-8-16-9-12(11)7-10;1-2-14-10(3-4-17-14)5-13(1)16-8-11-6-15-7-12(11)9-16/h1-6,11,16-17,19H,7-10,12-13H2;2-8,15-16H,9-12H2,1H3;1-3,8-9,12-14,18H,4-7,10-11H2;1-2,5,8-9,13-14,17H,3-4,6-7,10-11H2;1-7,14-15,17H,8-11H2;1-5,10-12,16H,6-9H2;1-5,11-12,15H,6-9H2. The van der Waals surface area contributed by atoms with Crippen LogP contribution in [0, 0.1) is 82.9 Å². The van der Waals surface area contributed by atoms with Gasteiger partial charge in [-0.05, 0) is 414 Å². The SMILES string of the molecule is CN1CC2CN(c3ccc4ccccc4c3)CC2C1.c1cc(C2CC3CNCC3C2)c2ccsc2c1.c1cc(C2CCC3CNCC3CC2)c2ccsc2c1.c1cc2cc(N3CC4CNCC4C3)ccc2s1.c1cc2cc(N3CCC4CNCC4CC3)ccc2s1.c1ccc2cc(N3CC4CCNCCC4C3)ccc2c1.c1ccc2cc(N3CC4CNCC4C3)ccc2c1. The first-order valence-corrected chi connectivity index (χ1v) is 53.3. The summed E-state index contributed by atoms with van der Waals surface area (Å²) in [5.74, 6) is 14.2. The molecule has 14 fully saturated rings. The van der Waals surface area contributed by atoms with Crippen LogP contribution in [0.5, 0.6) is 0 Å². The predicted octanol–water partition coefficient (Wildman–Crippen LogP) is 22.5. The van der Waals surface area contributed by atoms with Gasteiger partial charge >= 0.3 is 0 Å². The van der Waals surface area contributed by atoms with Crippen molar-refractivity contribution in [2.75, 3.05) is 189 Å². The predicted molar refractivity (Wildman–Crippen MR) is 555 cm³/mol. The molecule has 0 spiro atoms. The summed E-state index contributed by atoms with van der Waals surface area (Å²) in [6, 6.07) is 83.2. The van der Waals surface area contributed by atoms with E-state index in [1.165, 1.54) is 322 Å². The summed E-state index contributed by atoms with van der Waals surface area (Å²) in [6.45, 7) is 29.6.